The van der Waals surface area contributed by atoms with Crippen molar-refractivity contribution in [2.75, 3.05) is 12.0 Å². The molecule has 3 heteroatoms. The monoisotopic (exact) mass is 238 g/mol. The topological polar surface area (TPSA) is 34.1 Å². The largest absolute Gasteiger partial charge is 0.298 e. The lowest BCUT2D eigenvalue weighted by Crippen LogP contribution is -2.17. The van der Waals surface area contributed by atoms with Gasteiger partial charge in [0.1, 0.15) is 0 Å². The molecule has 0 spiro atoms. The van der Waals surface area contributed by atoms with E-state index in [-0.39, 0.29) is 17.5 Å². The summed E-state index contributed by atoms with van der Waals surface area (Å²) in [5.41, 5.74) is 3.40. The van der Waals surface area contributed by atoms with Crippen LogP contribution in [0.15, 0.2) is 18.2 Å². The standard InChI is InChI=1S/C13H18O2S/c1-9-6-5-7-12(10(9)2)11(3)13(14)8-16(4)15/h5-7,11H,8H2,1-4H3/t11-,16+/m0/s1. The number of ketones is 1. The number of Topliss-reactive ketones (excluding diaryl/α,β-unsaturated/α-hetero) is 1. The molecule has 0 aliphatic rings. The summed E-state index contributed by atoms with van der Waals surface area (Å²) in [6.07, 6.45) is 1.56. The van der Waals surface area contributed by atoms with Crippen molar-refractivity contribution < 1.29 is 9.00 Å². The predicted molar refractivity (Wildman–Crippen MR) is 68.3 cm³/mol. The summed E-state index contributed by atoms with van der Waals surface area (Å²) in [6, 6.07) is 5.97. The normalized spacial score (nSPS) is 14.5. The highest BCUT2D eigenvalue weighted by molar-refractivity contribution is 7.85. The molecule has 0 saturated carbocycles. The molecule has 1 rings (SSSR count). The Hall–Kier alpha value is -0.960. The molecule has 2 nitrogen and oxygen atoms in total. The molecule has 16 heavy (non-hydrogen) atoms. The number of hydrogen-bond donors (Lipinski definition) is 0. The van der Waals surface area contributed by atoms with Crippen LogP contribution in [0.4, 0.5) is 0 Å². The van der Waals surface area contributed by atoms with E-state index in [0.717, 1.165) is 11.1 Å². The van der Waals surface area contributed by atoms with Crippen LogP contribution in [0.2, 0.25) is 0 Å². The molecule has 88 valence electrons. The Morgan fingerprint density at radius 2 is 2.00 bits per heavy atom. The van der Waals surface area contributed by atoms with E-state index in [2.05, 4.69) is 0 Å². The molecule has 0 unspecified atom stereocenters. The maximum Gasteiger partial charge on any atom is 0.152 e. The van der Waals surface area contributed by atoms with Crippen molar-refractivity contribution in [3.05, 3.63) is 34.9 Å². The Balaban J connectivity index is 2.96. The van der Waals surface area contributed by atoms with E-state index in [1.165, 1.54) is 5.56 Å². The molecule has 0 heterocycles. The van der Waals surface area contributed by atoms with Gasteiger partial charge < -0.3 is 0 Å². The van der Waals surface area contributed by atoms with E-state index in [9.17, 15) is 9.00 Å². The molecular formula is C13H18O2S. The van der Waals surface area contributed by atoms with Gasteiger partial charge in [-0.2, -0.15) is 0 Å². The quantitative estimate of drug-likeness (QED) is 0.807. The van der Waals surface area contributed by atoms with Crippen LogP contribution < -0.4 is 0 Å². The average Bonchev–Trinajstić information content (AvgIpc) is 2.20. The highest BCUT2D eigenvalue weighted by Gasteiger charge is 2.18. The lowest BCUT2D eigenvalue weighted by molar-refractivity contribution is -0.117. The highest BCUT2D eigenvalue weighted by Crippen LogP contribution is 2.22. The average molecular weight is 238 g/mol. The predicted octanol–water partition coefficient (Wildman–Crippen LogP) is 2.35. The Labute approximate surface area is 99.5 Å². The Kier molecular flexibility index (Phi) is 4.42. The van der Waals surface area contributed by atoms with Crippen molar-refractivity contribution >= 4 is 16.6 Å². The molecule has 1 aromatic carbocycles. The van der Waals surface area contributed by atoms with E-state index in [4.69, 9.17) is 0 Å². The smallest absolute Gasteiger partial charge is 0.152 e. The van der Waals surface area contributed by atoms with Crippen LogP contribution in [0.1, 0.15) is 29.5 Å². The van der Waals surface area contributed by atoms with Crippen LogP contribution >= 0.6 is 0 Å². The van der Waals surface area contributed by atoms with Gasteiger partial charge in [-0.05, 0) is 30.5 Å². The molecule has 0 aliphatic heterocycles. The highest BCUT2D eigenvalue weighted by atomic mass is 32.2. The van der Waals surface area contributed by atoms with Crippen molar-refractivity contribution in [1.29, 1.82) is 0 Å². The van der Waals surface area contributed by atoms with E-state index < -0.39 is 10.8 Å². The molecule has 0 amide bonds. The molecular weight excluding hydrogens is 220 g/mol. The van der Waals surface area contributed by atoms with Gasteiger partial charge in [0.05, 0.1) is 5.75 Å². The van der Waals surface area contributed by atoms with Gasteiger partial charge in [-0.1, -0.05) is 25.1 Å². The molecule has 2 atom stereocenters. The third kappa shape index (κ3) is 3.01. The molecule has 0 radical (unpaired) electrons. The first kappa shape index (κ1) is 13.1. The third-order valence-corrected chi connectivity index (χ3v) is 3.63. The van der Waals surface area contributed by atoms with Gasteiger partial charge in [-0.25, -0.2) is 0 Å². The summed E-state index contributed by atoms with van der Waals surface area (Å²) in [7, 11) is -1.05. The Morgan fingerprint density at radius 3 is 2.56 bits per heavy atom. The van der Waals surface area contributed by atoms with Gasteiger partial charge in [0.25, 0.3) is 0 Å². The summed E-state index contributed by atoms with van der Waals surface area (Å²) >= 11 is 0. The van der Waals surface area contributed by atoms with Gasteiger partial charge in [0.2, 0.25) is 0 Å². The molecule has 0 aliphatic carbocycles. The first-order valence-corrected chi connectivity index (χ1v) is 7.05. The zero-order valence-corrected chi connectivity index (χ0v) is 11.1. The molecule has 0 bridgehead atoms. The van der Waals surface area contributed by atoms with E-state index in [1.54, 1.807) is 6.26 Å². The van der Waals surface area contributed by atoms with E-state index >= 15 is 0 Å². The fourth-order valence-electron chi connectivity index (χ4n) is 1.74. The van der Waals surface area contributed by atoms with Gasteiger partial charge in [-0.3, -0.25) is 9.00 Å². The van der Waals surface area contributed by atoms with Crippen molar-refractivity contribution in [3.8, 4) is 0 Å². The fourth-order valence-corrected chi connectivity index (χ4v) is 2.39. The molecule has 1 aromatic rings. The SMILES string of the molecule is Cc1cccc([C@H](C)C(=O)C[S@@](C)=O)c1C. The van der Waals surface area contributed by atoms with Gasteiger partial charge in [0.15, 0.2) is 5.78 Å². The van der Waals surface area contributed by atoms with Crippen LogP contribution in [-0.4, -0.2) is 22.0 Å². The Bertz CT molecular complexity index is 424. The lowest BCUT2D eigenvalue weighted by atomic mass is 9.91. The first-order chi connectivity index (χ1) is 7.43. The minimum absolute atomic E-state index is 0.0505. The summed E-state index contributed by atoms with van der Waals surface area (Å²) in [4.78, 5) is 11.8. The molecule has 0 N–H and O–H groups in total. The number of benzene rings is 1. The minimum atomic E-state index is -1.05. The van der Waals surface area contributed by atoms with Crippen molar-refractivity contribution in [2.45, 2.75) is 26.7 Å². The summed E-state index contributed by atoms with van der Waals surface area (Å²) in [6.45, 7) is 5.95. The summed E-state index contributed by atoms with van der Waals surface area (Å²) in [5.74, 6) is 0.0347. The van der Waals surface area contributed by atoms with Crippen molar-refractivity contribution in [3.63, 3.8) is 0 Å². The number of hydrogen-bond acceptors (Lipinski definition) is 2. The zero-order valence-electron chi connectivity index (χ0n) is 10.2. The van der Waals surface area contributed by atoms with E-state index in [1.807, 2.05) is 39.0 Å². The van der Waals surface area contributed by atoms with Crippen molar-refractivity contribution in [1.82, 2.24) is 0 Å². The van der Waals surface area contributed by atoms with Crippen molar-refractivity contribution in [2.24, 2.45) is 0 Å². The lowest BCUT2D eigenvalue weighted by Gasteiger charge is -2.14. The fraction of sp³-hybridized carbons (Fsp3) is 0.462. The number of rotatable bonds is 4. The second kappa shape index (κ2) is 5.39. The van der Waals surface area contributed by atoms with Gasteiger partial charge in [-0.15, -0.1) is 0 Å². The second-order valence-corrected chi connectivity index (χ2v) is 5.63. The molecule has 0 fully saturated rings. The van der Waals surface area contributed by atoms with Crippen LogP contribution in [0.5, 0.6) is 0 Å². The summed E-state index contributed by atoms with van der Waals surface area (Å²) < 4.78 is 11.0. The number of aryl methyl sites for hydroxylation is 1. The van der Waals surface area contributed by atoms with Gasteiger partial charge in [0, 0.05) is 23.0 Å². The molecule has 0 aromatic heterocycles. The number of carbonyl (C=O) groups excluding carboxylic acids is 1. The van der Waals surface area contributed by atoms with Crippen LogP contribution in [-0.2, 0) is 15.6 Å². The third-order valence-electron chi connectivity index (χ3n) is 2.94. The van der Waals surface area contributed by atoms with E-state index in [0.29, 0.717) is 0 Å². The molecule has 0 saturated heterocycles. The van der Waals surface area contributed by atoms with Crippen LogP contribution in [0, 0.1) is 13.8 Å². The van der Waals surface area contributed by atoms with Crippen LogP contribution in [0.25, 0.3) is 0 Å². The second-order valence-electron chi connectivity index (χ2n) is 4.19. The Morgan fingerprint density at radius 1 is 1.38 bits per heavy atom. The minimum Gasteiger partial charge on any atom is -0.298 e. The van der Waals surface area contributed by atoms with Crippen LogP contribution in [0.3, 0.4) is 0 Å². The zero-order chi connectivity index (χ0) is 12.3. The summed E-state index contributed by atoms with van der Waals surface area (Å²) in [5, 5.41) is 0. The number of carbonyl (C=O) groups is 1. The first-order valence-electron chi connectivity index (χ1n) is 5.32. The maximum atomic E-state index is 11.8. The maximum absolute atomic E-state index is 11.8. The van der Waals surface area contributed by atoms with Gasteiger partial charge >= 0.3 is 0 Å².